The number of nitrogens with one attached hydrogen (secondary N) is 1. The standard InChI is InChI=1S/C10H10BrNO2/c1-14-6-4-8(11)7-2-3-10(13)12-9(7)5-6/h4-5H,2-3H2,1H3,(H,12,13). The van der Waals surface area contributed by atoms with Crippen molar-refractivity contribution in [3.63, 3.8) is 0 Å². The topological polar surface area (TPSA) is 38.3 Å². The van der Waals surface area contributed by atoms with Crippen LogP contribution < -0.4 is 10.1 Å². The lowest BCUT2D eigenvalue weighted by atomic mass is 10.0. The van der Waals surface area contributed by atoms with Crippen molar-refractivity contribution in [2.45, 2.75) is 12.8 Å². The Labute approximate surface area is 90.6 Å². The summed E-state index contributed by atoms with van der Waals surface area (Å²) in [6, 6.07) is 3.76. The minimum Gasteiger partial charge on any atom is -0.497 e. The fourth-order valence-corrected chi connectivity index (χ4v) is 2.18. The van der Waals surface area contributed by atoms with E-state index in [-0.39, 0.29) is 5.91 Å². The number of carbonyl (C=O) groups is 1. The molecule has 74 valence electrons. The number of rotatable bonds is 1. The molecule has 0 radical (unpaired) electrons. The van der Waals surface area contributed by atoms with Crippen molar-refractivity contribution >= 4 is 27.5 Å². The molecule has 4 heteroatoms. The second kappa shape index (κ2) is 3.61. The zero-order valence-corrected chi connectivity index (χ0v) is 9.35. The molecule has 1 N–H and O–H groups in total. The highest BCUT2D eigenvalue weighted by Crippen LogP contribution is 2.33. The van der Waals surface area contributed by atoms with E-state index in [1.807, 2.05) is 12.1 Å². The van der Waals surface area contributed by atoms with Crippen LogP contribution in [0.3, 0.4) is 0 Å². The van der Waals surface area contributed by atoms with Crippen molar-refractivity contribution in [2.75, 3.05) is 12.4 Å². The van der Waals surface area contributed by atoms with Gasteiger partial charge in [0, 0.05) is 22.6 Å². The van der Waals surface area contributed by atoms with Crippen LogP contribution in [0.1, 0.15) is 12.0 Å². The molecule has 1 heterocycles. The quantitative estimate of drug-likeness (QED) is 0.837. The number of halogens is 1. The summed E-state index contributed by atoms with van der Waals surface area (Å²) in [5.74, 6) is 0.815. The maximum Gasteiger partial charge on any atom is 0.224 e. The number of fused-ring (bicyclic) bond motifs is 1. The molecular weight excluding hydrogens is 246 g/mol. The first kappa shape index (κ1) is 9.52. The van der Waals surface area contributed by atoms with Gasteiger partial charge in [-0.25, -0.2) is 0 Å². The van der Waals surface area contributed by atoms with Crippen LogP contribution in [-0.4, -0.2) is 13.0 Å². The molecule has 14 heavy (non-hydrogen) atoms. The van der Waals surface area contributed by atoms with E-state index in [1.165, 1.54) is 0 Å². The number of carbonyl (C=O) groups excluding carboxylic acids is 1. The van der Waals surface area contributed by atoms with E-state index < -0.39 is 0 Å². The average Bonchev–Trinajstić information content (AvgIpc) is 2.16. The summed E-state index contributed by atoms with van der Waals surface area (Å²) in [6.45, 7) is 0. The van der Waals surface area contributed by atoms with Gasteiger partial charge in [-0.15, -0.1) is 0 Å². The average molecular weight is 256 g/mol. The van der Waals surface area contributed by atoms with Gasteiger partial charge in [0.05, 0.1) is 7.11 Å². The first-order valence-corrected chi connectivity index (χ1v) is 5.16. The Kier molecular flexibility index (Phi) is 2.46. The summed E-state index contributed by atoms with van der Waals surface area (Å²) >= 11 is 3.46. The molecule has 1 aromatic rings. The van der Waals surface area contributed by atoms with Crippen molar-refractivity contribution in [2.24, 2.45) is 0 Å². The van der Waals surface area contributed by atoms with Gasteiger partial charge >= 0.3 is 0 Å². The highest BCUT2D eigenvalue weighted by molar-refractivity contribution is 9.10. The summed E-state index contributed by atoms with van der Waals surface area (Å²) in [5.41, 5.74) is 2.00. The Morgan fingerprint density at radius 2 is 2.21 bits per heavy atom. The SMILES string of the molecule is COc1cc(Br)c2c(c1)NC(=O)CC2. The van der Waals surface area contributed by atoms with Crippen molar-refractivity contribution in [1.82, 2.24) is 0 Å². The van der Waals surface area contributed by atoms with Gasteiger partial charge in [0.15, 0.2) is 0 Å². The number of hydrogen-bond donors (Lipinski definition) is 1. The molecule has 0 unspecified atom stereocenters. The van der Waals surface area contributed by atoms with Crippen molar-refractivity contribution in [3.8, 4) is 5.75 Å². The number of ether oxygens (including phenoxy) is 1. The predicted octanol–water partition coefficient (Wildman–Crippen LogP) is 2.34. The molecule has 0 atom stereocenters. The molecule has 0 bridgehead atoms. The lowest BCUT2D eigenvalue weighted by Gasteiger charge is -2.18. The maximum absolute atomic E-state index is 11.2. The predicted molar refractivity (Wildman–Crippen MR) is 57.6 cm³/mol. The first-order valence-electron chi connectivity index (χ1n) is 4.37. The zero-order chi connectivity index (χ0) is 10.1. The van der Waals surface area contributed by atoms with Gasteiger partial charge in [0.1, 0.15) is 5.75 Å². The van der Waals surface area contributed by atoms with Crippen LogP contribution in [0.15, 0.2) is 16.6 Å². The Bertz CT molecular complexity index is 390. The van der Waals surface area contributed by atoms with Crippen LogP contribution in [0.25, 0.3) is 0 Å². The fourth-order valence-electron chi connectivity index (χ4n) is 1.55. The van der Waals surface area contributed by atoms with Gasteiger partial charge < -0.3 is 10.1 Å². The molecule has 3 nitrogen and oxygen atoms in total. The number of amides is 1. The second-order valence-corrected chi connectivity index (χ2v) is 4.04. The molecule has 0 saturated carbocycles. The van der Waals surface area contributed by atoms with Crippen LogP contribution in [0.2, 0.25) is 0 Å². The zero-order valence-electron chi connectivity index (χ0n) is 7.76. The van der Waals surface area contributed by atoms with Crippen molar-refractivity contribution in [1.29, 1.82) is 0 Å². The Balaban J connectivity index is 2.48. The monoisotopic (exact) mass is 255 g/mol. The summed E-state index contributed by atoms with van der Waals surface area (Å²) in [7, 11) is 1.61. The number of anilines is 1. The molecule has 0 aliphatic carbocycles. The van der Waals surface area contributed by atoms with Crippen LogP contribution in [-0.2, 0) is 11.2 Å². The van der Waals surface area contributed by atoms with E-state index in [9.17, 15) is 4.79 Å². The second-order valence-electron chi connectivity index (χ2n) is 3.18. The van der Waals surface area contributed by atoms with Gasteiger partial charge in [-0.1, -0.05) is 15.9 Å². The van der Waals surface area contributed by atoms with Gasteiger partial charge in [0.25, 0.3) is 0 Å². The summed E-state index contributed by atoms with van der Waals surface area (Å²) in [4.78, 5) is 11.2. The lowest BCUT2D eigenvalue weighted by molar-refractivity contribution is -0.116. The molecular formula is C10H10BrNO2. The Morgan fingerprint density at radius 3 is 2.93 bits per heavy atom. The van der Waals surface area contributed by atoms with Crippen molar-refractivity contribution in [3.05, 3.63) is 22.2 Å². The summed E-state index contributed by atoms with van der Waals surface area (Å²) in [5, 5.41) is 2.83. The van der Waals surface area contributed by atoms with E-state index in [4.69, 9.17) is 4.74 Å². The van der Waals surface area contributed by atoms with E-state index in [0.717, 1.165) is 27.9 Å². The molecule has 1 amide bonds. The van der Waals surface area contributed by atoms with Gasteiger partial charge in [-0.05, 0) is 18.1 Å². The molecule has 0 spiro atoms. The summed E-state index contributed by atoms with van der Waals surface area (Å²) in [6.07, 6.45) is 1.34. The van der Waals surface area contributed by atoms with Crippen LogP contribution >= 0.6 is 15.9 Å². The molecule has 0 fully saturated rings. The van der Waals surface area contributed by atoms with E-state index in [2.05, 4.69) is 21.2 Å². The van der Waals surface area contributed by atoms with Crippen LogP contribution in [0.5, 0.6) is 5.75 Å². The van der Waals surface area contributed by atoms with E-state index >= 15 is 0 Å². The first-order chi connectivity index (χ1) is 6.70. The third-order valence-corrected chi connectivity index (χ3v) is 2.99. The van der Waals surface area contributed by atoms with E-state index in [0.29, 0.717) is 6.42 Å². The van der Waals surface area contributed by atoms with Gasteiger partial charge in [-0.3, -0.25) is 4.79 Å². The Morgan fingerprint density at radius 1 is 1.43 bits per heavy atom. The third kappa shape index (κ3) is 1.62. The minimum atomic E-state index is 0.0673. The van der Waals surface area contributed by atoms with Gasteiger partial charge in [-0.2, -0.15) is 0 Å². The number of hydrogen-bond acceptors (Lipinski definition) is 2. The van der Waals surface area contributed by atoms with Crippen molar-refractivity contribution < 1.29 is 9.53 Å². The van der Waals surface area contributed by atoms with Gasteiger partial charge in [0.2, 0.25) is 5.91 Å². The fraction of sp³-hybridized carbons (Fsp3) is 0.300. The molecule has 0 aromatic heterocycles. The largest absolute Gasteiger partial charge is 0.497 e. The molecule has 0 saturated heterocycles. The normalized spacial score (nSPS) is 14.6. The number of benzene rings is 1. The third-order valence-electron chi connectivity index (χ3n) is 2.28. The van der Waals surface area contributed by atoms with Crippen LogP contribution in [0.4, 0.5) is 5.69 Å². The highest BCUT2D eigenvalue weighted by Gasteiger charge is 2.17. The molecule has 1 aliphatic heterocycles. The van der Waals surface area contributed by atoms with Crippen LogP contribution in [0, 0.1) is 0 Å². The molecule has 1 aliphatic rings. The lowest BCUT2D eigenvalue weighted by Crippen LogP contribution is -2.19. The number of methoxy groups -OCH3 is 1. The maximum atomic E-state index is 11.2. The molecule has 2 rings (SSSR count). The minimum absolute atomic E-state index is 0.0673. The smallest absolute Gasteiger partial charge is 0.224 e. The molecule has 1 aromatic carbocycles. The Hall–Kier alpha value is -1.03. The van der Waals surface area contributed by atoms with E-state index in [1.54, 1.807) is 7.11 Å². The highest BCUT2D eigenvalue weighted by atomic mass is 79.9. The summed E-state index contributed by atoms with van der Waals surface area (Å²) < 4.78 is 6.11.